The van der Waals surface area contributed by atoms with Gasteiger partial charge in [-0.3, -0.25) is 4.79 Å². The van der Waals surface area contributed by atoms with Gasteiger partial charge in [0, 0.05) is 15.4 Å². The fraction of sp³-hybridized carbons (Fsp3) is 0. The summed E-state index contributed by atoms with van der Waals surface area (Å²) in [7, 11) is 0. The molecule has 0 radical (unpaired) electrons. The molecular formula is C18H13BrN2O3. The number of amides is 1. The molecule has 24 heavy (non-hydrogen) atoms. The molecule has 120 valence electrons. The number of aromatic hydroxyl groups is 2. The summed E-state index contributed by atoms with van der Waals surface area (Å²) in [4.78, 5) is 12.2. The summed E-state index contributed by atoms with van der Waals surface area (Å²) in [6.07, 6.45) is 1.33. The number of halogens is 1. The van der Waals surface area contributed by atoms with Crippen LogP contribution in [-0.4, -0.2) is 22.3 Å². The van der Waals surface area contributed by atoms with Gasteiger partial charge >= 0.3 is 0 Å². The van der Waals surface area contributed by atoms with E-state index < -0.39 is 5.91 Å². The van der Waals surface area contributed by atoms with Crippen LogP contribution in [0.1, 0.15) is 15.9 Å². The van der Waals surface area contributed by atoms with Gasteiger partial charge in [0.2, 0.25) is 0 Å². The summed E-state index contributed by atoms with van der Waals surface area (Å²) in [5, 5.41) is 25.2. The number of hydrogen-bond acceptors (Lipinski definition) is 4. The largest absolute Gasteiger partial charge is 0.507 e. The lowest BCUT2D eigenvalue weighted by Gasteiger charge is -2.06. The second-order valence-electron chi connectivity index (χ2n) is 5.09. The van der Waals surface area contributed by atoms with Crippen molar-refractivity contribution in [1.29, 1.82) is 0 Å². The van der Waals surface area contributed by atoms with Crippen molar-refractivity contribution in [2.45, 2.75) is 0 Å². The van der Waals surface area contributed by atoms with Crippen molar-refractivity contribution in [2.75, 3.05) is 0 Å². The van der Waals surface area contributed by atoms with Crippen LogP contribution >= 0.6 is 15.9 Å². The maximum atomic E-state index is 12.2. The Kier molecular flexibility index (Phi) is 4.48. The van der Waals surface area contributed by atoms with E-state index in [9.17, 15) is 15.0 Å². The second kappa shape index (κ2) is 6.72. The minimum Gasteiger partial charge on any atom is -0.507 e. The zero-order valence-electron chi connectivity index (χ0n) is 12.4. The summed E-state index contributed by atoms with van der Waals surface area (Å²) in [6.45, 7) is 0. The molecule has 3 aromatic carbocycles. The maximum Gasteiger partial charge on any atom is 0.275 e. The molecule has 0 aliphatic heterocycles. The highest BCUT2D eigenvalue weighted by atomic mass is 79.9. The second-order valence-corrected chi connectivity index (χ2v) is 6.00. The zero-order chi connectivity index (χ0) is 17.1. The van der Waals surface area contributed by atoms with Gasteiger partial charge in [-0.15, -0.1) is 0 Å². The van der Waals surface area contributed by atoms with Crippen LogP contribution in [0.3, 0.4) is 0 Å². The van der Waals surface area contributed by atoms with Crippen LogP contribution in [0, 0.1) is 0 Å². The van der Waals surface area contributed by atoms with Crippen molar-refractivity contribution < 1.29 is 15.0 Å². The Morgan fingerprint density at radius 2 is 1.88 bits per heavy atom. The van der Waals surface area contributed by atoms with E-state index in [1.807, 2.05) is 12.1 Å². The molecular weight excluding hydrogens is 372 g/mol. The van der Waals surface area contributed by atoms with Crippen LogP contribution in [0.25, 0.3) is 10.8 Å². The maximum absolute atomic E-state index is 12.2. The molecule has 0 spiro atoms. The number of fused-ring (bicyclic) bond motifs is 1. The Balaban J connectivity index is 1.81. The Bertz CT molecular complexity index is 954. The van der Waals surface area contributed by atoms with Crippen molar-refractivity contribution in [3.05, 3.63) is 70.2 Å². The highest BCUT2D eigenvalue weighted by Crippen LogP contribution is 2.28. The average Bonchev–Trinajstić information content (AvgIpc) is 2.58. The number of nitrogens with one attached hydrogen (secondary N) is 1. The van der Waals surface area contributed by atoms with Gasteiger partial charge in [-0.05, 0) is 29.7 Å². The van der Waals surface area contributed by atoms with Crippen LogP contribution < -0.4 is 5.43 Å². The smallest absolute Gasteiger partial charge is 0.275 e. The topological polar surface area (TPSA) is 81.9 Å². The predicted molar refractivity (Wildman–Crippen MR) is 96.5 cm³/mol. The van der Waals surface area contributed by atoms with Gasteiger partial charge in [-0.1, -0.05) is 46.3 Å². The van der Waals surface area contributed by atoms with Crippen LogP contribution in [-0.2, 0) is 0 Å². The normalized spacial score (nSPS) is 11.0. The number of hydrazone groups is 1. The van der Waals surface area contributed by atoms with E-state index in [1.54, 1.807) is 36.4 Å². The van der Waals surface area contributed by atoms with Gasteiger partial charge in [-0.2, -0.15) is 5.10 Å². The highest BCUT2D eigenvalue weighted by Gasteiger charge is 2.13. The standard InChI is InChI=1S/C18H13BrN2O3/c19-13-6-8-16(22)12(9-13)10-20-21-18(24)15-7-5-11-3-1-2-4-14(11)17(15)23/h1-10,22-23H,(H,21,24). The fourth-order valence-electron chi connectivity index (χ4n) is 2.29. The van der Waals surface area contributed by atoms with Crippen molar-refractivity contribution in [3.8, 4) is 11.5 Å². The fourth-order valence-corrected chi connectivity index (χ4v) is 2.67. The molecule has 0 bridgehead atoms. The number of benzene rings is 3. The van der Waals surface area contributed by atoms with Gasteiger partial charge < -0.3 is 10.2 Å². The van der Waals surface area contributed by atoms with Crippen molar-refractivity contribution >= 4 is 38.8 Å². The number of hydrogen-bond donors (Lipinski definition) is 3. The van der Waals surface area contributed by atoms with Gasteiger partial charge in [0.05, 0.1) is 11.8 Å². The number of phenols is 2. The van der Waals surface area contributed by atoms with Gasteiger partial charge in [0.25, 0.3) is 5.91 Å². The van der Waals surface area contributed by atoms with Gasteiger partial charge in [-0.25, -0.2) is 5.43 Å². The summed E-state index contributed by atoms with van der Waals surface area (Å²) in [5.41, 5.74) is 2.92. The molecule has 3 N–H and O–H groups in total. The van der Waals surface area contributed by atoms with E-state index >= 15 is 0 Å². The number of carbonyl (C=O) groups is 1. The molecule has 0 saturated heterocycles. The summed E-state index contributed by atoms with van der Waals surface area (Å²) in [6, 6.07) is 15.4. The van der Waals surface area contributed by atoms with Crippen molar-refractivity contribution in [2.24, 2.45) is 5.10 Å². The third-order valence-corrected chi connectivity index (χ3v) is 4.00. The van der Waals surface area contributed by atoms with E-state index in [2.05, 4.69) is 26.5 Å². The first kappa shape index (κ1) is 16.0. The van der Waals surface area contributed by atoms with Crippen LogP contribution in [0.4, 0.5) is 0 Å². The molecule has 0 aliphatic rings. The predicted octanol–water partition coefficient (Wildman–Crippen LogP) is 3.78. The molecule has 3 aromatic rings. The number of carbonyl (C=O) groups excluding carboxylic acids is 1. The first-order valence-corrected chi connectivity index (χ1v) is 7.88. The van der Waals surface area contributed by atoms with Crippen molar-refractivity contribution in [1.82, 2.24) is 5.43 Å². The lowest BCUT2D eigenvalue weighted by molar-refractivity contribution is 0.0952. The molecule has 5 nitrogen and oxygen atoms in total. The minimum absolute atomic E-state index is 0.0461. The molecule has 1 amide bonds. The molecule has 0 atom stereocenters. The zero-order valence-corrected chi connectivity index (χ0v) is 14.0. The molecule has 0 aliphatic carbocycles. The Morgan fingerprint density at radius 3 is 2.71 bits per heavy atom. The summed E-state index contributed by atoms with van der Waals surface area (Å²) < 4.78 is 0.778. The van der Waals surface area contributed by atoms with E-state index in [-0.39, 0.29) is 17.1 Å². The van der Waals surface area contributed by atoms with E-state index in [0.717, 1.165) is 9.86 Å². The summed E-state index contributed by atoms with van der Waals surface area (Å²) >= 11 is 3.29. The number of phenolic OH excluding ortho intramolecular Hbond substituents is 2. The Hall–Kier alpha value is -2.86. The molecule has 0 unspecified atom stereocenters. The number of rotatable bonds is 3. The highest BCUT2D eigenvalue weighted by molar-refractivity contribution is 9.10. The third-order valence-electron chi connectivity index (χ3n) is 3.50. The lowest BCUT2D eigenvalue weighted by atomic mass is 10.1. The first-order chi connectivity index (χ1) is 11.6. The first-order valence-electron chi connectivity index (χ1n) is 7.09. The van der Waals surface area contributed by atoms with E-state index in [1.165, 1.54) is 12.3 Å². The third kappa shape index (κ3) is 3.23. The molecule has 3 rings (SSSR count). The molecule has 0 heterocycles. The van der Waals surface area contributed by atoms with Crippen LogP contribution in [0.15, 0.2) is 64.2 Å². The molecule has 0 saturated carbocycles. The van der Waals surface area contributed by atoms with Crippen LogP contribution in [0.2, 0.25) is 0 Å². The quantitative estimate of drug-likeness (QED) is 0.474. The molecule has 6 heteroatoms. The lowest BCUT2D eigenvalue weighted by Crippen LogP contribution is -2.17. The van der Waals surface area contributed by atoms with Crippen LogP contribution in [0.5, 0.6) is 11.5 Å². The molecule has 0 fully saturated rings. The van der Waals surface area contributed by atoms with Crippen molar-refractivity contribution in [3.63, 3.8) is 0 Å². The monoisotopic (exact) mass is 384 g/mol. The van der Waals surface area contributed by atoms with E-state index in [0.29, 0.717) is 10.9 Å². The minimum atomic E-state index is -0.538. The number of nitrogens with zero attached hydrogens (tertiary/aromatic N) is 1. The SMILES string of the molecule is O=C(NN=Cc1cc(Br)ccc1O)c1ccc2ccccc2c1O. The van der Waals surface area contributed by atoms with Gasteiger partial charge in [0.1, 0.15) is 11.5 Å². The average molecular weight is 385 g/mol. The Morgan fingerprint density at radius 1 is 1.08 bits per heavy atom. The van der Waals surface area contributed by atoms with E-state index in [4.69, 9.17) is 0 Å². The van der Waals surface area contributed by atoms with Gasteiger partial charge in [0.15, 0.2) is 0 Å². The molecule has 0 aromatic heterocycles. The Labute approximate surface area is 146 Å². The summed E-state index contributed by atoms with van der Waals surface area (Å²) in [5.74, 6) is -0.583.